The van der Waals surface area contributed by atoms with Crippen LogP contribution in [0.5, 0.6) is 0 Å². The summed E-state index contributed by atoms with van der Waals surface area (Å²) in [7, 11) is 0. The molecule has 0 bridgehead atoms. The fraction of sp³-hybridized carbons (Fsp3) is 0.167. The Bertz CT molecular complexity index is 352. The zero-order valence-corrected chi connectivity index (χ0v) is 7.03. The van der Waals surface area contributed by atoms with Gasteiger partial charge in [0.1, 0.15) is 5.01 Å². The molecule has 62 valence electrons. The standard InChI is InChI=1S/C6H7N5S/c7-6-10-9-5(12-6)4-11-3-1-2-8-11/h1-3H,4H2,(H2,7,10). The molecule has 0 radical (unpaired) electrons. The second-order valence-electron chi connectivity index (χ2n) is 2.24. The summed E-state index contributed by atoms with van der Waals surface area (Å²) in [5.74, 6) is 0. The van der Waals surface area contributed by atoms with Crippen molar-refractivity contribution in [2.24, 2.45) is 0 Å². The molecular formula is C6H7N5S. The molecule has 0 aliphatic heterocycles. The van der Waals surface area contributed by atoms with Crippen molar-refractivity contribution in [3.8, 4) is 0 Å². The first-order chi connectivity index (χ1) is 5.84. The van der Waals surface area contributed by atoms with Gasteiger partial charge in [-0.1, -0.05) is 11.3 Å². The Balaban J connectivity index is 2.14. The van der Waals surface area contributed by atoms with Gasteiger partial charge in [-0.3, -0.25) is 4.68 Å². The van der Waals surface area contributed by atoms with E-state index in [-0.39, 0.29) is 0 Å². The molecule has 0 saturated carbocycles. The molecule has 0 atom stereocenters. The molecule has 0 fully saturated rings. The van der Waals surface area contributed by atoms with Crippen molar-refractivity contribution < 1.29 is 0 Å². The Morgan fingerprint density at radius 2 is 2.42 bits per heavy atom. The van der Waals surface area contributed by atoms with E-state index in [9.17, 15) is 0 Å². The van der Waals surface area contributed by atoms with Crippen LogP contribution >= 0.6 is 11.3 Å². The van der Waals surface area contributed by atoms with Crippen LogP contribution in [0.3, 0.4) is 0 Å². The van der Waals surface area contributed by atoms with Crippen LogP contribution in [0.25, 0.3) is 0 Å². The number of hydrogen-bond donors (Lipinski definition) is 1. The first kappa shape index (κ1) is 7.23. The van der Waals surface area contributed by atoms with Gasteiger partial charge in [-0.2, -0.15) is 5.10 Å². The van der Waals surface area contributed by atoms with E-state index in [1.54, 1.807) is 10.9 Å². The van der Waals surface area contributed by atoms with Crippen molar-refractivity contribution in [1.82, 2.24) is 20.0 Å². The Kier molecular flexibility index (Phi) is 1.75. The molecule has 0 aliphatic carbocycles. The van der Waals surface area contributed by atoms with Crippen molar-refractivity contribution in [2.45, 2.75) is 6.54 Å². The summed E-state index contributed by atoms with van der Waals surface area (Å²) in [6.07, 6.45) is 3.60. The highest BCUT2D eigenvalue weighted by Gasteiger charge is 2.00. The van der Waals surface area contributed by atoms with E-state index in [0.29, 0.717) is 11.7 Å². The van der Waals surface area contributed by atoms with Gasteiger partial charge in [-0.15, -0.1) is 10.2 Å². The second kappa shape index (κ2) is 2.90. The maximum absolute atomic E-state index is 5.42. The summed E-state index contributed by atoms with van der Waals surface area (Å²) in [4.78, 5) is 0. The fourth-order valence-electron chi connectivity index (χ4n) is 0.863. The van der Waals surface area contributed by atoms with E-state index in [0.717, 1.165) is 5.01 Å². The van der Waals surface area contributed by atoms with Crippen LogP contribution in [0.2, 0.25) is 0 Å². The quantitative estimate of drug-likeness (QED) is 0.726. The van der Waals surface area contributed by atoms with Gasteiger partial charge in [0.15, 0.2) is 0 Å². The summed E-state index contributed by atoms with van der Waals surface area (Å²) in [6, 6.07) is 1.87. The number of rotatable bonds is 2. The van der Waals surface area contributed by atoms with Gasteiger partial charge in [0.25, 0.3) is 0 Å². The highest BCUT2D eigenvalue weighted by molar-refractivity contribution is 7.15. The molecule has 0 spiro atoms. The third-order valence-corrected chi connectivity index (χ3v) is 2.08. The number of hydrogen-bond acceptors (Lipinski definition) is 5. The predicted molar refractivity (Wildman–Crippen MR) is 45.7 cm³/mol. The second-order valence-corrected chi connectivity index (χ2v) is 3.33. The summed E-state index contributed by atoms with van der Waals surface area (Å²) in [5.41, 5.74) is 5.42. The largest absolute Gasteiger partial charge is 0.374 e. The molecular weight excluding hydrogens is 174 g/mol. The average Bonchev–Trinajstić information content (AvgIpc) is 2.63. The molecule has 6 heteroatoms. The van der Waals surface area contributed by atoms with Crippen LogP contribution in [0.15, 0.2) is 18.5 Å². The highest BCUT2D eigenvalue weighted by Crippen LogP contribution is 2.11. The summed E-state index contributed by atoms with van der Waals surface area (Å²) >= 11 is 1.38. The minimum atomic E-state index is 0.497. The van der Waals surface area contributed by atoms with E-state index in [4.69, 9.17) is 5.73 Å². The lowest BCUT2D eigenvalue weighted by Gasteiger charge is -1.93. The monoisotopic (exact) mass is 181 g/mol. The first-order valence-electron chi connectivity index (χ1n) is 3.40. The van der Waals surface area contributed by atoms with E-state index in [1.807, 2.05) is 12.3 Å². The van der Waals surface area contributed by atoms with Crippen LogP contribution < -0.4 is 5.73 Å². The Labute approximate surface area is 72.8 Å². The molecule has 0 amide bonds. The molecule has 2 aromatic heterocycles. The van der Waals surface area contributed by atoms with Gasteiger partial charge in [0.05, 0.1) is 6.54 Å². The minimum absolute atomic E-state index is 0.497. The Morgan fingerprint density at radius 1 is 1.50 bits per heavy atom. The summed E-state index contributed by atoms with van der Waals surface area (Å²) < 4.78 is 1.78. The minimum Gasteiger partial charge on any atom is -0.374 e. The smallest absolute Gasteiger partial charge is 0.203 e. The molecule has 0 aliphatic rings. The molecule has 5 nitrogen and oxygen atoms in total. The highest BCUT2D eigenvalue weighted by atomic mass is 32.1. The van der Waals surface area contributed by atoms with Crippen molar-refractivity contribution >= 4 is 16.5 Å². The Hall–Kier alpha value is -1.43. The van der Waals surface area contributed by atoms with Crippen LogP contribution in [0.1, 0.15) is 5.01 Å². The number of nitrogens with zero attached hydrogens (tertiary/aromatic N) is 4. The van der Waals surface area contributed by atoms with Crippen molar-refractivity contribution in [1.29, 1.82) is 0 Å². The van der Waals surface area contributed by atoms with Gasteiger partial charge in [0, 0.05) is 12.4 Å². The third-order valence-electron chi connectivity index (χ3n) is 1.34. The first-order valence-corrected chi connectivity index (χ1v) is 4.21. The van der Waals surface area contributed by atoms with Crippen molar-refractivity contribution in [3.05, 3.63) is 23.5 Å². The number of aromatic nitrogens is 4. The molecule has 12 heavy (non-hydrogen) atoms. The molecule has 2 aromatic rings. The van der Waals surface area contributed by atoms with E-state index < -0.39 is 0 Å². The van der Waals surface area contributed by atoms with E-state index in [2.05, 4.69) is 15.3 Å². The van der Waals surface area contributed by atoms with Gasteiger partial charge >= 0.3 is 0 Å². The SMILES string of the molecule is Nc1nnc(Cn2cccn2)s1. The molecule has 2 rings (SSSR count). The lowest BCUT2D eigenvalue weighted by atomic mass is 10.7. The number of nitrogen functional groups attached to an aromatic ring is 1. The molecule has 2 N–H and O–H groups in total. The number of anilines is 1. The van der Waals surface area contributed by atoms with Gasteiger partial charge in [-0.25, -0.2) is 0 Å². The van der Waals surface area contributed by atoms with Crippen LogP contribution in [0.4, 0.5) is 5.13 Å². The molecule has 0 aromatic carbocycles. The lowest BCUT2D eigenvalue weighted by molar-refractivity contribution is 0.677. The zero-order valence-electron chi connectivity index (χ0n) is 6.21. The van der Waals surface area contributed by atoms with E-state index >= 15 is 0 Å². The summed E-state index contributed by atoms with van der Waals surface area (Å²) in [6.45, 7) is 0.641. The van der Waals surface area contributed by atoms with Crippen LogP contribution in [-0.4, -0.2) is 20.0 Å². The molecule has 0 saturated heterocycles. The summed E-state index contributed by atoms with van der Waals surface area (Å²) in [5, 5.41) is 13.0. The van der Waals surface area contributed by atoms with Gasteiger partial charge < -0.3 is 5.73 Å². The third kappa shape index (κ3) is 1.42. The maximum atomic E-state index is 5.42. The van der Waals surface area contributed by atoms with E-state index in [1.165, 1.54) is 11.3 Å². The van der Waals surface area contributed by atoms with Gasteiger partial charge in [-0.05, 0) is 6.07 Å². The fourth-order valence-corrected chi connectivity index (χ4v) is 1.46. The van der Waals surface area contributed by atoms with Crippen molar-refractivity contribution in [2.75, 3.05) is 5.73 Å². The maximum Gasteiger partial charge on any atom is 0.203 e. The number of nitrogens with two attached hydrogens (primary N) is 1. The topological polar surface area (TPSA) is 69.6 Å². The average molecular weight is 181 g/mol. The van der Waals surface area contributed by atoms with Gasteiger partial charge in [0.2, 0.25) is 5.13 Å². The zero-order chi connectivity index (χ0) is 8.39. The van der Waals surface area contributed by atoms with Crippen LogP contribution in [-0.2, 0) is 6.54 Å². The lowest BCUT2D eigenvalue weighted by Crippen LogP contribution is -1.98. The molecule has 0 unspecified atom stereocenters. The van der Waals surface area contributed by atoms with Crippen LogP contribution in [0, 0.1) is 0 Å². The Morgan fingerprint density at radius 3 is 3.00 bits per heavy atom. The van der Waals surface area contributed by atoms with Crippen molar-refractivity contribution in [3.63, 3.8) is 0 Å². The predicted octanol–water partition coefficient (Wildman–Crippen LogP) is 0.365. The molecule has 2 heterocycles. The normalized spacial score (nSPS) is 10.3.